The highest BCUT2D eigenvalue weighted by Crippen LogP contribution is 2.16. The van der Waals surface area contributed by atoms with Gasteiger partial charge in [-0.25, -0.2) is 9.37 Å². The maximum absolute atomic E-state index is 13.3. The van der Waals surface area contributed by atoms with Crippen molar-refractivity contribution in [2.45, 2.75) is 32.6 Å². The average molecular weight is 444 g/mol. The number of carbonyl (C=O) groups is 1. The molecule has 33 heavy (non-hydrogen) atoms. The van der Waals surface area contributed by atoms with E-state index in [0.717, 1.165) is 16.7 Å². The Kier molecular flexibility index (Phi) is 7.27. The number of rotatable bonds is 9. The van der Waals surface area contributed by atoms with Crippen molar-refractivity contribution in [2.24, 2.45) is 0 Å². The molecule has 0 saturated carbocycles. The molecule has 6 heteroatoms. The van der Waals surface area contributed by atoms with Crippen molar-refractivity contribution >= 4 is 5.91 Å². The van der Waals surface area contributed by atoms with Crippen molar-refractivity contribution in [3.63, 3.8) is 0 Å². The lowest BCUT2D eigenvalue weighted by Crippen LogP contribution is -2.27. The number of nitrogens with zero attached hydrogens (tertiary/aromatic N) is 2. The maximum Gasteiger partial charge on any atom is 0.273 e. The third-order valence-corrected chi connectivity index (χ3v) is 5.36. The van der Waals surface area contributed by atoms with Crippen LogP contribution in [-0.2, 0) is 19.6 Å². The highest BCUT2D eigenvalue weighted by Gasteiger charge is 2.18. The minimum atomic E-state index is -0.283. The van der Waals surface area contributed by atoms with Crippen molar-refractivity contribution in [3.05, 3.63) is 125 Å². The second-order valence-corrected chi connectivity index (χ2v) is 7.99. The molecule has 0 spiro atoms. The van der Waals surface area contributed by atoms with Crippen LogP contribution in [0.25, 0.3) is 0 Å². The zero-order valence-electron chi connectivity index (χ0n) is 18.4. The van der Waals surface area contributed by atoms with Crippen molar-refractivity contribution in [1.82, 2.24) is 15.2 Å². The minimum absolute atomic E-state index is 0.146. The van der Waals surface area contributed by atoms with Gasteiger partial charge in [0.15, 0.2) is 5.69 Å². The molecule has 0 aliphatic carbocycles. The number of aromatic nitrogens is 1. The molecule has 1 atom stereocenters. The lowest BCUT2D eigenvalue weighted by Gasteiger charge is -2.21. The van der Waals surface area contributed by atoms with E-state index < -0.39 is 0 Å². The Morgan fingerprint density at radius 1 is 0.909 bits per heavy atom. The molecule has 0 bridgehead atoms. The molecule has 0 unspecified atom stereocenters. The lowest BCUT2D eigenvalue weighted by molar-refractivity contribution is 0.0934. The third-order valence-electron chi connectivity index (χ3n) is 5.36. The summed E-state index contributed by atoms with van der Waals surface area (Å²) in [7, 11) is 0. The van der Waals surface area contributed by atoms with Crippen molar-refractivity contribution in [2.75, 3.05) is 0 Å². The summed E-state index contributed by atoms with van der Waals surface area (Å²) >= 11 is 0. The summed E-state index contributed by atoms with van der Waals surface area (Å²) in [6, 6.07) is 26.1. The van der Waals surface area contributed by atoms with Crippen LogP contribution in [-0.4, -0.2) is 15.8 Å². The minimum Gasteiger partial charge on any atom is -0.447 e. The molecule has 0 radical (unpaired) electrons. The number of hydrogen-bond acceptors (Lipinski definition) is 4. The monoisotopic (exact) mass is 443 g/mol. The van der Waals surface area contributed by atoms with Gasteiger partial charge in [0.1, 0.15) is 12.1 Å². The molecule has 1 amide bonds. The van der Waals surface area contributed by atoms with E-state index in [4.69, 9.17) is 4.42 Å². The summed E-state index contributed by atoms with van der Waals surface area (Å²) in [5, 5.41) is 2.95. The summed E-state index contributed by atoms with van der Waals surface area (Å²) in [5.74, 6) is -0.0958. The van der Waals surface area contributed by atoms with E-state index in [1.165, 1.54) is 18.4 Å². The van der Waals surface area contributed by atoms with Gasteiger partial charge < -0.3 is 9.73 Å². The quantitative estimate of drug-likeness (QED) is 0.371. The highest BCUT2D eigenvalue weighted by atomic mass is 19.1. The molecule has 3 aromatic carbocycles. The van der Waals surface area contributed by atoms with Crippen LogP contribution in [0, 0.1) is 5.82 Å². The normalized spacial score (nSPS) is 12.0. The van der Waals surface area contributed by atoms with Gasteiger partial charge in [-0.2, -0.15) is 0 Å². The Balaban J connectivity index is 1.44. The van der Waals surface area contributed by atoms with Crippen LogP contribution in [0.1, 0.15) is 46.0 Å². The first-order chi connectivity index (χ1) is 16.1. The summed E-state index contributed by atoms with van der Waals surface area (Å²) in [5.41, 5.74) is 3.38. The van der Waals surface area contributed by atoms with E-state index in [1.807, 2.05) is 55.5 Å². The maximum atomic E-state index is 13.3. The van der Waals surface area contributed by atoms with Gasteiger partial charge in [0, 0.05) is 13.1 Å². The molecule has 0 fully saturated rings. The predicted molar refractivity (Wildman–Crippen MR) is 125 cm³/mol. The number of carbonyl (C=O) groups excluding carboxylic acids is 1. The van der Waals surface area contributed by atoms with Gasteiger partial charge in [0.05, 0.1) is 12.6 Å². The average Bonchev–Trinajstić information content (AvgIpc) is 3.30. The second-order valence-electron chi connectivity index (χ2n) is 7.99. The molecule has 1 aromatic heterocycles. The van der Waals surface area contributed by atoms with E-state index in [1.54, 1.807) is 12.1 Å². The molecule has 4 aromatic rings. The van der Waals surface area contributed by atoms with E-state index in [2.05, 4.69) is 27.3 Å². The largest absolute Gasteiger partial charge is 0.447 e. The Labute approximate surface area is 192 Å². The first kappa shape index (κ1) is 22.4. The molecule has 4 rings (SSSR count). The first-order valence-electron chi connectivity index (χ1n) is 10.9. The molecule has 0 aliphatic heterocycles. The first-order valence-corrected chi connectivity index (χ1v) is 10.9. The van der Waals surface area contributed by atoms with E-state index >= 15 is 0 Å². The molecule has 0 aliphatic rings. The Morgan fingerprint density at radius 3 is 2.18 bits per heavy atom. The Hall–Kier alpha value is -3.77. The van der Waals surface area contributed by atoms with Crippen LogP contribution >= 0.6 is 0 Å². The number of oxazole rings is 1. The van der Waals surface area contributed by atoms with Gasteiger partial charge in [0.2, 0.25) is 5.89 Å². The Bertz CT molecular complexity index is 1160. The summed E-state index contributed by atoms with van der Waals surface area (Å²) < 4.78 is 18.9. The number of hydrogen-bond donors (Lipinski definition) is 1. The molecular weight excluding hydrogens is 417 g/mol. The highest BCUT2D eigenvalue weighted by molar-refractivity contribution is 5.92. The second kappa shape index (κ2) is 10.7. The van der Waals surface area contributed by atoms with Crippen LogP contribution in [0.3, 0.4) is 0 Å². The van der Waals surface area contributed by atoms with Gasteiger partial charge in [-0.3, -0.25) is 9.69 Å². The molecule has 0 saturated heterocycles. The van der Waals surface area contributed by atoms with Gasteiger partial charge >= 0.3 is 0 Å². The fourth-order valence-electron chi connectivity index (χ4n) is 3.63. The van der Waals surface area contributed by atoms with Gasteiger partial charge in [0.25, 0.3) is 5.91 Å². The molecule has 1 heterocycles. The van der Waals surface area contributed by atoms with E-state index in [-0.39, 0.29) is 23.5 Å². The van der Waals surface area contributed by atoms with Gasteiger partial charge in [-0.1, -0.05) is 72.8 Å². The van der Waals surface area contributed by atoms with Crippen LogP contribution in [0.15, 0.2) is 95.6 Å². The topological polar surface area (TPSA) is 58.4 Å². The fourth-order valence-corrected chi connectivity index (χ4v) is 3.63. The summed E-state index contributed by atoms with van der Waals surface area (Å²) in [4.78, 5) is 19.2. The van der Waals surface area contributed by atoms with Crippen LogP contribution in [0.2, 0.25) is 0 Å². The van der Waals surface area contributed by atoms with E-state index in [9.17, 15) is 9.18 Å². The number of nitrogens with one attached hydrogen (secondary N) is 1. The molecular formula is C27H26FN3O2. The van der Waals surface area contributed by atoms with Gasteiger partial charge in [-0.05, 0) is 35.7 Å². The van der Waals surface area contributed by atoms with Gasteiger partial charge in [-0.15, -0.1) is 0 Å². The van der Waals surface area contributed by atoms with E-state index in [0.29, 0.717) is 25.5 Å². The Morgan fingerprint density at radius 2 is 1.52 bits per heavy atom. The van der Waals surface area contributed by atoms with Crippen molar-refractivity contribution < 1.29 is 13.6 Å². The fraction of sp³-hybridized carbons (Fsp3) is 0.185. The van der Waals surface area contributed by atoms with Crippen LogP contribution in [0.5, 0.6) is 0 Å². The zero-order valence-corrected chi connectivity index (χ0v) is 18.4. The van der Waals surface area contributed by atoms with Crippen LogP contribution < -0.4 is 5.32 Å². The summed E-state index contributed by atoms with van der Waals surface area (Å²) in [6.45, 7) is 3.59. The third kappa shape index (κ3) is 6.37. The predicted octanol–water partition coefficient (Wildman–Crippen LogP) is 5.51. The van der Waals surface area contributed by atoms with Crippen molar-refractivity contribution in [1.29, 1.82) is 0 Å². The smallest absolute Gasteiger partial charge is 0.273 e. The summed E-state index contributed by atoms with van der Waals surface area (Å²) in [6.07, 6.45) is 1.39. The molecule has 5 nitrogen and oxygen atoms in total. The molecule has 168 valence electrons. The lowest BCUT2D eigenvalue weighted by atomic mass is 10.1. The van der Waals surface area contributed by atoms with Crippen LogP contribution in [0.4, 0.5) is 4.39 Å². The number of halogens is 1. The number of benzene rings is 3. The standard InChI is InChI=1S/C27H26FN3O2/c1-20(23-10-6-3-7-11-23)29-27(32)25-19-33-26(30-25)18-31(16-21-8-4-2-5-9-21)17-22-12-14-24(28)15-13-22/h2-15,19-20H,16-18H2,1H3,(H,29,32)/t20-/m0/s1. The molecule has 1 N–H and O–H groups in total. The van der Waals surface area contributed by atoms with Crippen molar-refractivity contribution in [3.8, 4) is 0 Å². The number of amides is 1. The SMILES string of the molecule is C[C@H](NC(=O)c1coc(CN(Cc2ccccc2)Cc2ccc(F)cc2)n1)c1ccccc1. The zero-order chi connectivity index (χ0) is 23.0.